The third kappa shape index (κ3) is 7.25. The molecule has 0 radical (unpaired) electrons. The first-order valence-corrected chi connectivity index (χ1v) is 11.8. The number of rotatable bonds is 9. The number of hydrogen-bond acceptors (Lipinski definition) is 7. The molecular weight excluding hydrogens is 432 g/mol. The Morgan fingerprint density at radius 3 is 2.29 bits per heavy atom. The van der Waals surface area contributed by atoms with Gasteiger partial charge >= 0.3 is 5.97 Å². The van der Waals surface area contributed by atoms with Crippen LogP contribution >= 0.6 is 23.5 Å². The van der Waals surface area contributed by atoms with E-state index in [2.05, 4.69) is 5.10 Å². The molecule has 0 saturated heterocycles. The SMILES string of the molecule is CC(=O)SCCC(=O)N1N=C(CCc2ccccc2)SC1C(=O)OCc1ccccc1. The van der Waals surface area contributed by atoms with E-state index < -0.39 is 11.3 Å². The monoisotopic (exact) mass is 456 g/mol. The Labute approximate surface area is 190 Å². The number of aryl methyl sites for hydroxylation is 1. The number of esters is 1. The van der Waals surface area contributed by atoms with Crippen molar-refractivity contribution in [3.05, 3.63) is 71.8 Å². The summed E-state index contributed by atoms with van der Waals surface area (Å²) in [7, 11) is 0. The maximum absolute atomic E-state index is 12.8. The van der Waals surface area contributed by atoms with Crippen LogP contribution in [0, 0.1) is 0 Å². The van der Waals surface area contributed by atoms with Crippen molar-refractivity contribution in [2.24, 2.45) is 5.10 Å². The van der Waals surface area contributed by atoms with Gasteiger partial charge in [0.05, 0.1) is 5.04 Å². The number of hydrazone groups is 1. The molecule has 3 rings (SSSR count). The third-order valence-corrected chi connectivity index (χ3v) is 6.45. The lowest BCUT2D eigenvalue weighted by molar-refractivity contribution is -0.151. The maximum Gasteiger partial charge on any atom is 0.342 e. The molecule has 0 saturated carbocycles. The van der Waals surface area contributed by atoms with Crippen LogP contribution in [-0.4, -0.2) is 38.2 Å². The molecule has 2 aromatic rings. The second kappa shape index (κ2) is 11.7. The number of benzene rings is 2. The highest BCUT2D eigenvalue weighted by atomic mass is 32.2. The third-order valence-electron chi connectivity index (χ3n) is 4.46. The summed E-state index contributed by atoms with van der Waals surface area (Å²) in [6.07, 6.45) is 1.52. The molecule has 31 heavy (non-hydrogen) atoms. The van der Waals surface area contributed by atoms with Gasteiger partial charge in [-0.1, -0.05) is 84.2 Å². The lowest BCUT2D eigenvalue weighted by Crippen LogP contribution is -2.38. The number of nitrogens with zero attached hydrogens (tertiary/aromatic N) is 2. The fraction of sp³-hybridized carbons (Fsp3) is 0.304. The molecule has 0 bridgehead atoms. The van der Waals surface area contributed by atoms with Gasteiger partial charge in [-0.3, -0.25) is 9.59 Å². The molecule has 162 valence electrons. The minimum absolute atomic E-state index is 0.0468. The lowest BCUT2D eigenvalue weighted by Gasteiger charge is -2.19. The summed E-state index contributed by atoms with van der Waals surface area (Å²) in [5.74, 6) is -0.437. The normalized spacial score (nSPS) is 15.5. The maximum atomic E-state index is 12.8. The Kier molecular flexibility index (Phi) is 8.73. The van der Waals surface area contributed by atoms with Crippen LogP contribution in [0.25, 0.3) is 0 Å². The zero-order chi connectivity index (χ0) is 22.1. The van der Waals surface area contributed by atoms with Crippen molar-refractivity contribution in [1.29, 1.82) is 0 Å². The molecule has 0 aliphatic carbocycles. The van der Waals surface area contributed by atoms with Crippen molar-refractivity contribution in [2.45, 2.75) is 38.2 Å². The van der Waals surface area contributed by atoms with Gasteiger partial charge in [0.2, 0.25) is 11.3 Å². The quantitative estimate of drug-likeness (QED) is 0.525. The van der Waals surface area contributed by atoms with Crippen molar-refractivity contribution in [2.75, 3.05) is 5.75 Å². The number of carbonyl (C=O) groups excluding carboxylic acids is 3. The molecule has 1 aliphatic rings. The number of carbonyl (C=O) groups is 3. The van der Waals surface area contributed by atoms with E-state index >= 15 is 0 Å². The van der Waals surface area contributed by atoms with Crippen LogP contribution in [0.4, 0.5) is 0 Å². The molecule has 2 aromatic carbocycles. The van der Waals surface area contributed by atoms with Gasteiger partial charge in [-0.05, 0) is 17.5 Å². The number of amides is 1. The van der Waals surface area contributed by atoms with Gasteiger partial charge < -0.3 is 4.74 Å². The summed E-state index contributed by atoms with van der Waals surface area (Å²) in [6, 6.07) is 19.4. The smallest absolute Gasteiger partial charge is 0.342 e. The van der Waals surface area contributed by atoms with E-state index in [1.54, 1.807) is 0 Å². The first-order valence-electron chi connectivity index (χ1n) is 9.97. The minimum atomic E-state index is -0.843. The van der Waals surface area contributed by atoms with Crippen molar-refractivity contribution in [3.8, 4) is 0 Å². The van der Waals surface area contributed by atoms with E-state index in [4.69, 9.17) is 4.74 Å². The fourth-order valence-electron chi connectivity index (χ4n) is 2.91. The number of ether oxygens (including phenoxy) is 1. The Morgan fingerprint density at radius 2 is 1.65 bits per heavy atom. The van der Waals surface area contributed by atoms with E-state index in [-0.39, 0.29) is 24.1 Å². The molecule has 0 N–H and O–H groups in total. The zero-order valence-corrected chi connectivity index (χ0v) is 18.9. The molecule has 0 fully saturated rings. The topological polar surface area (TPSA) is 76.0 Å². The highest BCUT2D eigenvalue weighted by Crippen LogP contribution is 2.30. The summed E-state index contributed by atoms with van der Waals surface area (Å²) in [5, 5.41) is 5.48. The Bertz CT molecular complexity index is 935. The summed E-state index contributed by atoms with van der Waals surface area (Å²) in [6.45, 7) is 1.60. The molecule has 1 amide bonds. The predicted octanol–water partition coefficient (Wildman–Crippen LogP) is 4.25. The average molecular weight is 457 g/mol. The highest BCUT2D eigenvalue weighted by molar-refractivity contribution is 8.15. The Morgan fingerprint density at radius 1 is 1.00 bits per heavy atom. The van der Waals surface area contributed by atoms with Gasteiger partial charge in [0.1, 0.15) is 6.61 Å². The van der Waals surface area contributed by atoms with Crippen molar-refractivity contribution < 1.29 is 19.1 Å². The van der Waals surface area contributed by atoms with Crippen LogP contribution < -0.4 is 0 Å². The van der Waals surface area contributed by atoms with E-state index in [9.17, 15) is 14.4 Å². The van der Waals surface area contributed by atoms with Crippen LogP contribution in [0.5, 0.6) is 0 Å². The summed E-state index contributed by atoms with van der Waals surface area (Å²) in [4.78, 5) is 36.6. The van der Waals surface area contributed by atoms with Gasteiger partial charge in [0.25, 0.3) is 0 Å². The molecule has 1 atom stereocenters. The van der Waals surface area contributed by atoms with E-state index in [0.717, 1.165) is 34.4 Å². The fourth-order valence-corrected chi connectivity index (χ4v) is 4.52. The summed E-state index contributed by atoms with van der Waals surface area (Å²) >= 11 is 2.34. The van der Waals surface area contributed by atoms with Crippen LogP contribution in [-0.2, 0) is 32.1 Å². The van der Waals surface area contributed by atoms with Gasteiger partial charge in [0, 0.05) is 25.5 Å². The van der Waals surface area contributed by atoms with Gasteiger partial charge in [-0.25, -0.2) is 9.80 Å². The van der Waals surface area contributed by atoms with Crippen LogP contribution in [0.1, 0.15) is 30.9 Å². The van der Waals surface area contributed by atoms with Gasteiger partial charge in [-0.15, -0.1) is 0 Å². The van der Waals surface area contributed by atoms with Crippen LogP contribution in [0.2, 0.25) is 0 Å². The first kappa shape index (κ1) is 23.1. The molecule has 1 unspecified atom stereocenters. The first-order chi connectivity index (χ1) is 15.0. The molecule has 8 heteroatoms. The Balaban J connectivity index is 1.63. The van der Waals surface area contributed by atoms with Crippen molar-refractivity contribution in [3.63, 3.8) is 0 Å². The average Bonchev–Trinajstić information content (AvgIpc) is 3.22. The zero-order valence-electron chi connectivity index (χ0n) is 17.2. The number of hydrogen-bond donors (Lipinski definition) is 0. The molecule has 6 nitrogen and oxygen atoms in total. The minimum Gasteiger partial charge on any atom is -0.459 e. The van der Waals surface area contributed by atoms with Crippen LogP contribution in [0.3, 0.4) is 0 Å². The molecular formula is C23H24N2O4S2. The second-order valence-corrected chi connectivity index (χ2v) is 9.30. The second-order valence-electron chi connectivity index (χ2n) is 6.87. The highest BCUT2D eigenvalue weighted by Gasteiger charge is 2.38. The van der Waals surface area contributed by atoms with Gasteiger partial charge in [0.15, 0.2) is 5.12 Å². The summed E-state index contributed by atoms with van der Waals surface area (Å²) in [5.41, 5.74) is 2.04. The summed E-state index contributed by atoms with van der Waals surface area (Å²) < 4.78 is 5.46. The Hall–Kier alpha value is -2.58. The van der Waals surface area contributed by atoms with Crippen molar-refractivity contribution in [1.82, 2.24) is 5.01 Å². The van der Waals surface area contributed by atoms with E-state index in [1.807, 2.05) is 60.7 Å². The van der Waals surface area contributed by atoms with E-state index in [1.165, 1.54) is 23.7 Å². The standard InChI is InChI=1S/C23H24N2O4S2/c1-17(26)30-15-14-21(27)25-22(23(28)29-16-19-10-6-3-7-11-19)31-20(24-25)13-12-18-8-4-2-5-9-18/h2-11,22H,12-16H2,1H3. The largest absolute Gasteiger partial charge is 0.459 e. The lowest BCUT2D eigenvalue weighted by atomic mass is 10.1. The predicted molar refractivity (Wildman–Crippen MR) is 124 cm³/mol. The van der Waals surface area contributed by atoms with Gasteiger partial charge in [-0.2, -0.15) is 5.10 Å². The van der Waals surface area contributed by atoms with Crippen LogP contribution in [0.15, 0.2) is 65.8 Å². The molecule has 0 aromatic heterocycles. The molecule has 1 aliphatic heterocycles. The molecule has 1 heterocycles. The molecule has 0 spiro atoms. The number of thioether (sulfide) groups is 2. The van der Waals surface area contributed by atoms with E-state index in [0.29, 0.717) is 12.2 Å². The van der Waals surface area contributed by atoms with Crippen molar-refractivity contribution >= 4 is 45.6 Å².